The van der Waals surface area contributed by atoms with Crippen molar-refractivity contribution >= 4 is 33.8 Å². The number of nitrogens with two attached hydrogens (primary N) is 1. The maximum Gasteiger partial charge on any atom is 0.343 e. The molecule has 1 aromatic rings. The molecule has 0 aromatic carbocycles. The molecule has 0 bridgehead atoms. The molecule has 1 heterocycles. The van der Waals surface area contributed by atoms with E-state index in [-0.39, 0.29) is 23.6 Å². The highest BCUT2D eigenvalue weighted by Crippen LogP contribution is 2.36. The zero-order valence-electron chi connectivity index (χ0n) is 11.5. The van der Waals surface area contributed by atoms with Gasteiger partial charge >= 0.3 is 5.97 Å². The molecule has 0 atom stereocenters. The Hall–Kier alpha value is -1.56. The van der Waals surface area contributed by atoms with Crippen molar-refractivity contribution in [1.82, 2.24) is 0 Å². The second-order valence-electron chi connectivity index (χ2n) is 4.11. The van der Waals surface area contributed by atoms with Crippen molar-refractivity contribution in [1.29, 1.82) is 0 Å². The Kier molecular flexibility index (Phi) is 5.82. The lowest BCUT2D eigenvalue weighted by atomic mass is 10.2. The predicted molar refractivity (Wildman–Crippen MR) is 78.1 cm³/mol. The fraction of sp³-hybridized carbons (Fsp3) is 0.538. The van der Waals surface area contributed by atoms with E-state index in [2.05, 4.69) is 12.2 Å². The number of hydrogen-bond donors (Lipinski definition) is 2. The molecule has 6 heteroatoms. The lowest BCUT2D eigenvalue weighted by molar-refractivity contribution is 0.0529. The van der Waals surface area contributed by atoms with Gasteiger partial charge in [0.1, 0.15) is 10.6 Å². The van der Waals surface area contributed by atoms with Gasteiger partial charge in [-0.15, -0.1) is 11.3 Å². The molecule has 5 nitrogen and oxygen atoms in total. The van der Waals surface area contributed by atoms with Gasteiger partial charge in [-0.3, -0.25) is 4.79 Å². The minimum absolute atomic E-state index is 0.142. The van der Waals surface area contributed by atoms with Crippen molar-refractivity contribution in [3.63, 3.8) is 0 Å². The van der Waals surface area contributed by atoms with Gasteiger partial charge in [-0.05, 0) is 13.3 Å². The number of ether oxygens (including phenoxy) is 1. The third-order valence-electron chi connectivity index (χ3n) is 2.56. The van der Waals surface area contributed by atoms with E-state index in [1.165, 1.54) is 18.3 Å². The Labute approximate surface area is 117 Å². The summed E-state index contributed by atoms with van der Waals surface area (Å²) < 4.78 is 4.99. The molecule has 1 aromatic heterocycles. The molecule has 0 amide bonds. The third kappa shape index (κ3) is 3.70. The number of ketones is 1. The van der Waals surface area contributed by atoms with E-state index >= 15 is 0 Å². The number of anilines is 2. The smallest absolute Gasteiger partial charge is 0.343 e. The molecule has 1 rings (SSSR count). The van der Waals surface area contributed by atoms with Crippen molar-refractivity contribution in [3.8, 4) is 0 Å². The molecule has 0 aliphatic heterocycles. The van der Waals surface area contributed by atoms with Crippen LogP contribution >= 0.6 is 11.3 Å². The molecule has 0 aliphatic carbocycles. The maximum absolute atomic E-state index is 11.9. The SMILES string of the molecule is CCCCNc1sc(C(C)=O)c(N)c1C(=O)OCC. The van der Waals surface area contributed by atoms with Crippen LogP contribution in [-0.4, -0.2) is 24.9 Å². The highest BCUT2D eigenvalue weighted by Gasteiger charge is 2.24. The molecule has 0 fully saturated rings. The molecular weight excluding hydrogens is 264 g/mol. The van der Waals surface area contributed by atoms with E-state index in [4.69, 9.17) is 10.5 Å². The summed E-state index contributed by atoms with van der Waals surface area (Å²) in [7, 11) is 0. The van der Waals surface area contributed by atoms with Gasteiger partial charge in [-0.2, -0.15) is 0 Å². The second kappa shape index (κ2) is 7.13. The summed E-state index contributed by atoms with van der Waals surface area (Å²) in [6.45, 7) is 6.26. The second-order valence-corrected chi connectivity index (χ2v) is 5.13. The summed E-state index contributed by atoms with van der Waals surface area (Å²) in [6, 6.07) is 0. The van der Waals surface area contributed by atoms with Gasteiger partial charge in [0.05, 0.1) is 17.2 Å². The number of unbranched alkanes of at least 4 members (excludes halogenated alkanes) is 1. The molecule has 106 valence electrons. The van der Waals surface area contributed by atoms with Crippen LogP contribution in [0.1, 0.15) is 53.6 Å². The molecule has 0 saturated heterocycles. The van der Waals surface area contributed by atoms with Gasteiger partial charge in [-0.25, -0.2) is 4.79 Å². The van der Waals surface area contributed by atoms with Crippen molar-refractivity contribution in [2.75, 3.05) is 24.2 Å². The van der Waals surface area contributed by atoms with Crippen LogP contribution in [0.4, 0.5) is 10.7 Å². The van der Waals surface area contributed by atoms with Crippen LogP contribution in [0, 0.1) is 0 Å². The van der Waals surface area contributed by atoms with Crippen LogP contribution in [0.5, 0.6) is 0 Å². The summed E-state index contributed by atoms with van der Waals surface area (Å²) in [5.41, 5.74) is 6.39. The van der Waals surface area contributed by atoms with Gasteiger partial charge in [0.25, 0.3) is 0 Å². The monoisotopic (exact) mass is 284 g/mol. The van der Waals surface area contributed by atoms with Gasteiger partial charge in [0.2, 0.25) is 0 Å². The lowest BCUT2D eigenvalue weighted by Crippen LogP contribution is -2.10. The quantitative estimate of drug-likeness (QED) is 0.457. The van der Waals surface area contributed by atoms with Gasteiger partial charge in [0, 0.05) is 13.5 Å². The van der Waals surface area contributed by atoms with Crippen LogP contribution in [-0.2, 0) is 4.74 Å². The summed E-state index contributed by atoms with van der Waals surface area (Å²) in [6.07, 6.45) is 2.03. The van der Waals surface area contributed by atoms with E-state index in [1.54, 1.807) is 6.92 Å². The van der Waals surface area contributed by atoms with E-state index in [0.717, 1.165) is 19.4 Å². The Morgan fingerprint density at radius 1 is 1.37 bits per heavy atom. The summed E-state index contributed by atoms with van der Waals surface area (Å²) in [5.74, 6) is -0.626. The molecule has 0 saturated carbocycles. The first-order valence-corrected chi connectivity index (χ1v) is 7.18. The number of nitrogens with one attached hydrogen (secondary N) is 1. The fourth-order valence-corrected chi connectivity index (χ4v) is 2.64. The van der Waals surface area contributed by atoms with Gasteiger partial charge in [-0.1, -0.05) is 13.3 Å². The number of hydrogen-bond acceptors (Lipinski definition) is 6. The van der Waals surface area contributed by atoms with Gasteiger partial charge in [0.15, 0.2) is 5.78 Å². The Balaban J connectivity index is 3.08. The Morgan fingerprint density at radius 2 is 2.05 bits per heavy atom. The Morgan fingerprint density at radius 3 is 2.58 bits per heavy atom. The van der Waals surface area contributed by atoms with Crippen LogP contribution in [0.15, 0.2) is 0 Å². The maximum atomic E-state index is 11.9. The first-order valence-electron chi connectivity index (χ1n) is 6.37. The zero-order chi connectivity index (χ0) is 14.4. The molecule has 0 aliphatic rings. The van der Waals surface area contributed by atoms with Gasteiger partial charge < -0.3 is 15.8 Å². The zero-order valence-corrected chi connectivity index (χ0v) is 12.4. The predicted octanol–water partition coefficient (Wildman–Crippen LogP) is 2.92. The van der Waals surface area contributed by atoms with Crippen LogP contribution in [0.25, 0.3) is 0 Å². The molecular formula is C13H20N2O3S. The topological polar surface area (TPSA) is 81.4 Å². The highest BCUT2D eigenvalue weighted by molar-refractivity contribution is 7.19. The van der Waals surface area contributed by atoms with E-state index in [9.17, 15) is 9.59 Å². The summed E-state index contributed by atoms with van der Waals surface area (Å²) in [4.78, 5) is 23.8. The molecule has 0 unspecified atom stereocenters. The molecule has 3 N–H and O–H groups in total. The highest BCUT2D eigenvalue weighted by atomic mass is 32.1. The van der Waals surface area contributed by atoms with Crippen LogP contribution < -0.4 is 11.1 Å². The van der Waals surface area contributed by atoms with Crippen LogP contribution in [0.2, 0.25) is 0 Å². The minimum atomic E-state index is -0.484. The largest absolute Gasteiger partial charge is 0.462 e. The number of Topliss-reactive ketones (excluding diaryl/α,β-unsaturated/α-hetero) is 1. The number of thiophene rings is 1. The van der Waals surface area contributed by atoms with Crippen molar-refractivity contribution in [3.05, 3.63) is 10.4 Å². The number of rotatable bonds is 7. The van der Waals surface area contributed by atoms with E-state index in [1.807, 2.05) is 0 Å². The molecule has 19 heavy (non-hydrogen) atoms. The number of nitrogen functional groups attached to an aromatic ring is 1. The average molecular weight is 284 g/mol. The van der Waals surface area contributed by atoms with E-state index in [0.29, 0.717) is 9.88 Å². The average Bonchev–Trinajstić information content (AvgIpc) is 2.67. The number of carbonyl (C=O) groups excluding carboxylic acids is 2. The fourth-order valence-electron chi connectivity index (χ4n) is 1.61. The van der Waals surface area contributed by atoms with Crippen molar-refractivity contribution in [2.24, 2.45) is 0 Å². The van der Waals surface area contributed by atoms with Crippen molar-refractivity contribution in [2.45, 2.75) is 33.6 Å². The number of esters is 1. The number of carbonyl (C=O) groups is 2. The first kappa shape index (κ1) is 15.5. The van der Waals surface area contributed by atoms with E-state index < -0.39 is 5.97 Å². The van der Waals surface area contributed by atoms with Crippen LogP contribution in [0.3, 0.4) is 0 Å². The standard InChI is InChI=1S/C13H20N2O3S/c1-4-6-7-15-12-9(13(17)18-5-2)10(14)11(19-12)8(3)16/h15H,4-7,14H2,1-3H3. The van der Waals surface area contributed by atoms with Crippen molar-refractivity contribution < 1.29 is 14.3 Å². The summed E-state index contributed by atoms with van der Waals surface area (Å²) in [5, 5.41) is 3.78. The lowest BCUT2D eigenvalue weighted by Gasteiger charge is -2.06. The summed E-state index contributed by atoms with van der Waals surface area (Å²) >= 11 is 1.21. The third-order valence-corrected chi connectivity index (χ3v) is 3.82. The molecule has 0 radical (unpaired) electrons. The normalized spacial score (nSPS) is 10.3. The Bertz CT molecular complexity index is 469. The first-order chi connectivity index (χ1) is 9.02. The molecule has 0 spiro atoms. The minimum Gasteiger partial charge on any atom is -0.462 e.